The molecule has 2 aromatic rings. The predicted octanol–water partition coefficient (Wildman–Crippen LogP) is 2.63. The van der Waals surface area contributed by atoms with Gasteiger partial charge in [0.2, 0.25) is 0 Å². The maximum atomic E-state index is 12.0. The molecule has 0 saturated heterocycles. The number of phenolic OH excluding ortho intramolecular Hbond substituents is 1. The molecule has 2 rings (SSSR count). The Morgan fingerprint density at radius 2 is 1.96 bits per heavy atom. The summed E-state index contributed by atoms with van der Waals surface area (Å²) in [6, 6.07) is 12.2. The molecule has 0 aromatic heterocycles. The lowest BCUT2D eigenvalue weighted by molar-refractivity contribution is -0.127. The Hall–Kier alpha value is -3.02. The van der Waals surface area contributed by atoms with Crippen molar-refractivity contribution in [1.29, 1.82) is 0 Å². The van der Waals surface area contributed by atoms with Crippen LogP contribution in [0.1, 0.15) is 18.1 Å². The molecule has 126 valence electrons. The minimum atomic E-state index is -0.681. The van der Waals surface area contributed by atoms with E-state index in [1.54, 1.807) is 19.1 Å². The molecule has 1 amide bonds. The van der Waals surface area contributed by atoms with E-state index in [2.05, 4.69) is 10.5 Å². The zero-order valence-corrected chi connectivity index (χ0v) is 13.8. The van der Waals surface area contributed by atoms with Crippen molar-refractivity contribution in [1.82, 2.24) is 5.43 Å². The van der Waals surface area contributed by atoms with Crippen LogP contribution in [0.3, 0.4) is 0 Å². The van der Waals surface area contributed by atoms with Gasteiger partial charge in [-0.1, -0.05) is 17.7 Å². The van der Waals surface area contributed by atoms with Crippen molar-refractivity contribution < 1.29 is 19.4 Å². The molecule has 0 aliphatic rings. The lowest BCUT2D eigenvalue weighted by atomic mass is 10.2. The number of hydrazone groups is 1. The van der Waals surface area contributed by atoms with Crippen LogP contribution in [0, 0.1) is 6.92 Å². The number of aryl methyl sites for hydroxylation is 1. The van der Waals surface area contributed by atoms with Gasteiger partial charge < -0.3 is 14.6 Å². The highest BCUT2D eigenvalue weighted by atomic mass is 16.5. The van der Waals surface area contributed by atoms with Gasteiger partial charge in [0.1, 0.15) is 5.75 Å². The van der Waals surface area contributed by atoms with Gasteiger partial charge >= 0.3 is 0 Å². The summed E-state index contributed by atoms with van der Waals surface area (Å²) in [5.74, 6) is 0.633. The molecule has 2 N–H and O–H groups in total. The van der Waals surface area contributed by atoms with Crippen molar-refractivity contribution in [2.24, 2.45) is 5.10 Å². The van der Waals surface area contributed by atoms with Gasteiger partial charge in [0.05, 0.1) is 13.3 Å². The van der Waals surface area contributed by atoms with E-state index in [0.717, 1.165) is 5.56 Å². The van der Waals surface area contributed by atoms with Gasteiger partial charge in [-0.2, -0.15) is 5.10 Å². The van der Waals surface area contributed by atoms with Crippen LogP contribution in [0.2, 0.25) is 0 Å². The number of aromatic hydroxyl groups is 1. The predicted molar refractivity (Wildman–Crippen MR) is 91.7 cm³/mol. The number of hydrogen-bond donors (Lipinski definition) is 2. The van der Waals surface area contributed by atoms with Crippen molar-refractivity contribution >= 4 is 12.1 Å². The highest BCUT2D eigenvalue weighted by molar-refractivity contribution is 5.84. The Morgan fingerprint density at radius 3 is 2.62 bits per heavy atom. The quantitative estimate of drug-likeness (QED) is 0.631. The summed E-state index contributed by atoms with van der Waals surface area (Å²) in [6.07, 6.45) is 0.776. The molecule has 0 fully saturated rings. The Balaban J connectivity index is 1.90. The van der Waals surface area contributed by atoms with Crippen LogP contribution in [-0.4, -0.2) is 30.4 Å². The number of carbonyl (C=O) groups is 1. The third-order valence-corrected chi connectivity index (χ3v) is 3.30. The summed E-state index contributed by atoms with van der Waals surface area (Å²) in [6.45, 7) is 3.63. The number of benzene rings is 2. The van der Waals surface area contributed by atoms with Crippen LogP contribution in [0.25, 0.3) is 0 Å². The number of rotatable bonds is 6. The molecule has 24 heavy (non-hydrogen) atoms. The molecular weight excluding hydrogens is 308 g/mol. The zero-order valence-electron chi connectivity index (χ0n) is 13.8. The monoisotopic (exact) mass is 328 g/mol. The molecule has 1 atom stereocenters. The maximum Gasteiger partial charge on any atom is 0.280 e. The topological polar surface area (TPSA) is 80.2 Å². The molecule has 0 aliphatic heterocycles. The molecule has 2 aromatic carbocycles. The average Bonchev–Trinajstić information content (AvgIpc) is 2.58. The summed E-state index contributed by atoms with van der Waals surface area (Å²) >= 11 is 0. The fourth-order valence-electron chi connectivity index (χ4n) is 1.91. The van der Waals surface area contributed by atoms with Crippen LogP contribution < -0.4 is 14.9 Å². The van der Waals surface area contributed by atoms with Crippen molar-refractivity contribution in [3.05, 3.63) is 53.6 Å². The number of methoxy groups -OCH3 is 1. The van der Waals surface area contributed by atoms with Gasteiger partial charge in [-0.3, -0.25) is 4.79 Å². The van der Waals surface area contributed by atoms with Crippen LogP contribution in [0.5, 0.6) is 17.2 Å². The SMILES string of the molecule is COc1cc(C=NNC(=O)C(C)Oc2ccc(C)cc2)ccc1O. The summed E-state index contributed by atoms with van der Waals surface area (Å²) in [5.41, 5.74) is 4.21. The standard InChI is InChI=1S/C18H20N2O4/c1-12-4-7-15(8-5-12)24-13(2)18(22)20-19-11-14-6-9-16(21)17(10-14)23-3/h4-11,13,21H,1-3H3,(H,20,22). The van der Waals surface area contributed by atoms with Gasteiger partial charge in [0.25, 0.3) is 5.91 Å². The molecule has 0 saturated carbocycles. The summed E-state index contributed by atoms with van der Waals surface area (Å²) < 4.78 is 10.6. The second-order valence-corrected chi connectivity index (χ2v) is 5.24. The summed E-state index contributed by atoms with van der Waals surface area (Å²) in [4.78, 5) is 12.0. The second-order valence-electron chi connectivity index (χ2n) is 5.24. The fraction of sp³-hybridized carbons (Fsp3) is 0.222. The van der Waals surface area contributed by atoms with Crippen LogP contribution >= 0.6 is 0 Å². The number of carbonyl (C=O) groups excluding carboxylic acids is 1. The number of phenols is 1. The summed E-state index contributed by atoms with van der Waals surface area (Å²) in [5, 5.41) is 13.4. The Kier molecular flexibility index (Phi) is 5.78. The first-order chi connectivity index (χ1) is 11.5. The third-order valence-electron chi connectivity index (χ3n) is 3.30. The van der Waals surface area contributed by atoms with Gasteiger partial charge in [-0.15, -0.1) is 0 Å². The molecule has 0 bridgehead atoms. The highest BCUT2D eigenvalue weighted by Gasteiger charge is 2.13. The molecular formula is C18H20N2O4. The van der Waals surface area contributed by atoms with Gasteiger partial charge in [0.15, 0.2) is 17.6 Å². The lowest BCUT2D eigenvalue weighted by Gasteiger charge is -2.12. The first-order valence-electron chi connectivity index (χ1n) is 7.43. The van der Waals surface area contributed by atoms with E-state index in [0.29, 0.717) is 17.1 Å². The van der Waals surface area contributed by atoms with Crippen molar-refractivity contribution in [2.45, 2.75) is 20.0 Å². The zero-order chi connectivity index (χ0) is 17.5. The van der Waals surface area contributed by atoms with Gasteiger partial charge in [-0.05, 0) is 49.7 Å². The smallest absolute Gasteiger partial charge is 0.280 e. The molecule has 0 heterocycles. The number of hydrogen-bond acceptors (Lipinski definition) is 5. The highest BCUT2D eigenvalue weighted by Crippen LogP contribution is 2.25. The van der Waals surface area contributed by atoms with E-state index in [-0.39, 0.29) is 11.7 Å². The van der Waals surface area contributed by atoms with Crippen molar-refractivity contribution in [3.8, 4) is 17.2 Å². The number of amides is 1. The molecule has 6 nitrogen and oxygen atoms in total. The largest absolute Gasteiger partial charge is 0.504 e. The Bertz CT molecular complexity index is 726. The van der Waals surface area contributed by atoms with E-state index in [1.165, 1.54) is 19.4 Å². The van der Waals surface area contributed by atoms with E-state index >= 15 is 0 Å². The van der Waals surface area contributed by atoms with E-state index in [9.17, 15) is 9.90 Å². The fourth-order valence-corrected chi connectivity index (χ4v) is 1.91. The van der Waals surface area contributed by atoms with Crippen LogP contribution in [0.4, 0.5) is 0 Å². The summed E-state index contributed by atoms with van der Waals surface area (Å²) in [7, 11) is 1.46. The first-order valence-corrected chi connectivity index (χ1v) is 7.43. The number of nitrogens with zero attached hydrogens (tertiary/aromatic N) is 1. The minimum absolute atomic E-state index is 0.0406. The lowest BCUT2D eigenvalue weighted by Crippen LogP contribution is -2.33. The van der Waals surface area contributed by atoms with Crippen LogP contribution in [0.15, 0.2) is 47.6 Å². The average molecular weight is 328 g/mol. The van der Waals surface area contributed by atoms with Crippen molar-refractivity contribution in [3.63, 3.8) is 0 Å². The number of nitrogens with one attached hydrogen (secondary N) is 1. The van der Waals surface area contributed by atoms with Crippen LogP contribution in [-0.2, 0) is 4.79 Å². The third kappa shape index (κ3) is 4.74. The Labute approximate surface area is 140 Å². The van der Waals surface area contributed by atoms with Gasteiger partial charge in [0, 0.05) is 0 Å². The van der Waals surface area contributed by atoms with E-state index in [4.69, 9.17) is 9.47 Å². The molecule has 1 unspecified atom stereocenters. The van der Waals surface area contributed by atoms with Crippen molar-refractivity contribution in [2.75, 3.05) is 7.11 Å². The number of ether oxygens (including phenoxy) is 2. The Morgan fingerprint density at radius 1 is 1.25 bits per heavy atom. The molecule has 0 spiro atoms. The first kappa shape index (κ1) is 17.3. The van der Waals surface area contributed by atoms with Gasteiger partial charge in [-0.25, -0.2) is 5.43 Å². The van der Waals surface area contributed by atoms with E-state index in [1.807, 2.05) is 31.2 Å². The van der Waals surface area contributed by atoms with E-state index < -0.39 is 6.10 Å². The minimum Gasteiger partial charge on any atom is -0.504 e. The second kappa shape index (κ2) is 8.01. The molecule has 0 radical (unpaired) electrons. The normalized spacial score (nSPS) is 12.0. The molecule has 0 aliphatic carbocycles. The molecule has 6 heteroatoms. The maximum absolute atomic E-state index is 12.0.